The number of fused-ring (bicyclic) bond motifs is 1. The van der Waals surface area contributed by atoms with Crippen molar-refractivity contribution in [2.24, 2.45) is 0 Å². The molecule has 1 heterocycles. The molecule has 0 saturated carbocycles. The highest BCUT2D eigenvalue weighted by molar-refractivity contribution is 5.93. The Morgan fingerprint density at radius 3 is 2.63 bits per heavy atom. The monoisotopic (exact) mass is 257 g/mol. The first-order valence-corrected chi connectivity index (χ1v) is 6.77. The van der Waals surface area contributed by atoms with Crippen molar-refractivity contribution in [3.05, 3.63) is 36.2 Å². The second-order valence-corrected chi connectivity index (χ2v) is 4.48. The van der Waals surface area contributed by atoms with Crippen LogP contribution in [-0.4, -0.2) is 33.9 Å². The lowest BCUT2D eigenvalue weighted by Gasteiger charge is -2.19. The molecule has 0 atom stereocenters. The maximum atomic E-state index is 12.3. The van der Waals surface area contributed by atoms with E-state index in [9.17, 15) is 4.79 Å². The summed E-state index contributed by atoms with van der Waals surface area (Å²) in [6.45, 7) is 5.59. The van der Waals surface area contributed by atoms with Gasteiger partial charge in [0, 0.05) is 13.1 Å². The van der Waals surface area contributed by atoms with Gasteiger partial charge in [-0.3, -0.25) is 9.78 Å². The Bertz CT molecular complexity index is 568. The van der Waals surface area contributed by atoms with Crippen LogP contribution in [-0.2, 0) is 0 Å². The molecule has 1 aromatic heterocycles. The predicted molar refractivity (Wildman–Crippen MR) is 76.0 cm³/mol. The molecule has 0 fully saturated rings. The first-order chi connectivity index (χ1) is 9.26. The van der Waals surface area contributed by atoms with E-state index < -0.39 is 0 Å². The number of carbonyl (C=O) groups excluding carboxylic acids is 1. The van der Waals surface area contributed by atoms with Crippen LogP contribution in [0, 0.1) is 0 Å². The fraction of sp³-hybridized carbons (Fsp3) is 0.400. The fourth-order valence-electron chi connectivity index (χ4n) is 1.97. The number of hydrogen-bond acceptors (Lipinski definition) is 3. The van der Waals surface area contributed by atoms with Gasteiger partial charge in [-0.2, -0.15) is 0 Å². The van der Waals surface area contributed by atoms with Gasteiger partial charge in [0.25, 0.3) is 5.91 Å². The Kier molecular flexibility index (Phi) is 4.44. The van der Waals surface area contributed by atoms with E-state index >= 15 is 0 Å². The highest BCUT2D eigenvalue weighted by Crippen LogP contribution is 2.10. The van der Waals surface area contributed by atoms with Crippen LogP contribution in [0.2, 0.25) is 0 Å². The molecule has 0 unspecified atom stereocenters. The molecule has 1 amide bonds. The molecule has 2 rings (SSSR count). The minimum Gasteiger partial charge on any atom is -0.338 e. The average Bonchev–Trinajstić information content (AvgIpc) is 2.47. The maximum absolute atomic E-state index is 12.3. The molecule has 4 heteroatoms. The van der Waals surface area contributed by atoms with Crippen molar-refractivity contribution in [3.8, 4) is 0 Å². The number of carbonyl (C=O) groups is 1. The molecule has 0 bridgehead atoms. The quantitative estimate of drug-likeness (QED) is 0.827. The van der Waals surface area contributed by atoms with Gasteiger partial charge in [0.05, 0.1) is 17.2 Å². The molecule has 0 aliphatic carbocycles. The third kappa shape index (κ3) is 3.08. The summed E-state index contributed by atoms with van der Waals surface area (Å²) in [6, 6.07) is 7.59. The van der Waals surface area contributed by atoms with Gasteiger partial charge in [0.15, 0.2) is 0 Å². The first-order valence-electron chi connectivity index (χ1n) is 6.77. The number of para-hydroxylation sites is 2. The number of benzene rings is 1. The molecule has 0 spiro atoms. The summed E-state index contributed by atoms with van der Waals surface area (Å²) in [5.41, 5.74) is 2.01. The molecule has 19 heavy (non-hydrogen) atoms. The lowest BCUT2D eigenvalue weighted by atomic mass is 10.2. The van der Waals surface area contributed by atoms with Crippen LogP contribution in [0.15, 0.2) is 30.5 Å². The number of hydrogen-bond donors (Lipinski definition) is 0. The summed E-state index contributed by atoms with van der Waals surface area (Å²) in [6.07, 6.45) is 3.66. The molecular formula is C15H19N3O. The van der Waals surface area contributed by atoms with Crippen molar-refractivity contribution in [1.82, 2.24) is 14.9 Å². The van der Waals surface area contributed by atoms with Crippen molar-refractivity contribution in [3.63, 3.8) is 0 Å². The van der Waals surface area contributed by atoms with Gasteiger partial charge < -0.3 is 4.90 Å². The van der Waals surface area contributed by atoms with Crippen LogP contribution in [0.4, 0.5) is 0 Å². The Labute approximate surface area is 113 Å². The average molecular weight is 257 g/mol. The van der Waals surface area contributed by atoms with E-state index in [1.54, 1.807) is 6.20 Å². The van der Waals surface area contributed by atoms with Crippen molar-refractivity contribution in [2.75, 3.05) is 13.1 Å². The third-order valence-corrected chi connectivity index (χ3v) is 3.12. The summed E-state index contributed by atoms with van der Waals surface area (Å²) in [5.74, 6) is -0.0331. The minimum atomic E-state index is -0.0331. The fourth-order valence-corrected chi connectivity index (χ4v) is 1.97. The van der Waals surface area contributed by atoms with Gasteiger partial charge in [-0.1, -0.05) is 25.5 Å². The Morgan fingerprint density at radius 2 is 1.95 bits per heavy atom. The van der Waals surface area contributed by atoms with Crippen LogP contribution in [0.5, 0.6) is 0 Å². The van der Waals surface area contributed by atoms with E-state index in [-0.39, 0.29) is 5.91 Å². The zero-order chi connectivity index (χ0) is 13.7. The number of aromatic nitrogens is 2. The minimum absolute atomic E-state index is 0.0331. The van der Waals surface area contributed by atoms with Crippen LogP contribution < -0.4 is 0 Å². The SMILES string of the molecule is CCCCN(CC)C(=O)c1cnc2ccccc2n1. The highest BCUT2D eigenvalue weighted by atomic mass is 16.2. The molecule has 2 aromatic rings. The lowest BCUT2D eigenvalue weighted by Crippen LogP contribution is -2.32. The Balaban J connectivity index is 2.24. The van der Waals surface area contributed by atoms with Gasteiger partial charge in [-0.05, 0) is 25.5 Å². The zero-order valence-electron chi connectivity index (χ0n) is 11.5. The van der Waals surface area contributed by atoms with E-state index in [1.165, 1.54) is 0 Å². The van der Waals surface area contributed by atoms with E-state index in [0.29, 0.717) is 12.2 Å². The second-order valence-electron chi connectivity index (χ2n) is 4.48. The van der Waals surface area contributed by atoms with E-state index in [2.05, 4.69) is 16.9 Å². The predicted octanol–water partition coefficient (Wildman–Crippen LogP) is 2.89. The molecule has 1 aromatic carbocycles. The summed E-state index contributed by atoms with van der Waals surface area (Å²) in [4.78, 5) is 22.9. The zero-order valence-corrected chi connectivity index (χ0v) is 11.5. The third-order valence-electron chi connectivity index (χ3n) is 3.12. The van der Waals surface area contributed by atoms with Crippen LogP contribution in [0.1, 0.15) is 37.2 Å². The molecule has 0 N–H and O–H groups in total. The molecule has 0 radical (unpaired) electrons. The van der Waals surface area contributed by atoms with E-state index in [0.717, 1.165) is 30.4 Å². The Morgan fingerprint density at radius 1 is 1.21 bits per heavy atom. The van der Waals surface area contributed by atoms with Gasteiger partial charge in [0.1, 0.15) is 5.69 Å². The first kappa shape index (κ1) is 13.5. The summed E-state index contributed by atoms with van der Waals surface area (Å²) < 4.78 is 0. The molecule has 0 aliphatic rings. The molecule has 0 saturated heterocycles. The number of rotatable bonds is 5. The normalized spacial score (nSPS) is 10.6. The lowest BCUT2D eigenvalue weighted by molar-refractivity contribution is 0.0756. The largest absolute Gasteiger partial charge is 0.338 e. The maximum Gasteiger partial charge on any atom is 0.274 e. The van der Waals surface area contributed by atoms with Crippen molar-refractivity contribution < 1.29 is 4.79 Å². The highest BCUT2D eigenvalue weighted by Gasteiger charge is 2.15. The second kappa shape index (κ2) is 6.27. The topological polar surface area (TPSA) is 46.1 Å². The smallest absolute Gasteiger partial charge is 0.274 e. The van der Waals surface area contributed by atoms with Gasteiger partial charge in [-0.25, -0.2) is 4.98 Å². The van der Waals surface area contributed by atoms with E-state index in [4.69, 9.17) is 0 Å². The van der Waals surface area contributed by atoms with Crippen molar-refractivity contribution in [2.45, 2.75) is 26.7 Å². The van der Waals surface area contributed by atoms with Gasteiger partial charge >= 0.3 is 0 Å². The van der Waals surface area contributed by atoms with Crippen LogP contribution in [0.25, 0.3) is 11.0 Å². The summed E-state index contributed by atoms with van der Waals surface area (Å²) in [7, 11) is 0. The standard InChI is InChI=1S/C15H19N3O/c1-3-5-10-18(4-2)15(19)14-11-16-12-8-6-7-9-13(12)17-14/h6-9,11H,3-5,10H2,1-2H3. The van der Waals surface area contributed by atoms with Crippen molar-refractivity contribution in [1.29, 1.82) is 0 Å². The summed E-state index contributed by atoms with van der Waals surface area (Å²) in [5, 5.41) is 0. The van der Waals surface area contributed by atoms with E-state index in [1.807, 2.05) is 36.1 Å². The van der Waals surface area contributed by atoms with Gasteiger partial charge in [0.2, 0.25) is 0 Å². The van der Waals surface area contributed by atoms with Gasteiger partial charge in [-0.15, -0.1) is 0 Å². The molecule has 100 valence electrons. The molecule has 4 nitrogen and oxygen atoms in total. The number of nitrogens with zero attached hydrogens (tertiary/aromatic N) is 3. The Hall–Kier alpha value is -1.97. The van der Waals surface area contributed by atoms with Crippen LogP contribution in [0.3, 0.4) is 0 Å². The number of amides is 1. The summed E-state index contributed by atoms with van der Waals surface area (Å²) >= 11 is 0. The van der Waals surface area contributed by atoms with Crippen LogP contribution >= 0.6 is 0 Å². The molecule has 0 aliphatic heterocycles. The number of unbranched alkanes of at least 4 members (excludes halogenated alkanes) is 1. The van der Waals surface area contributed by atoms with Crippen molar-refractivity contribution >= 4 is 16.9 Å². The molecular weight excluding hydrogens is 238 g/mol.